The molecule has 210 valence electrons. The van der Waals surface area contributed by atoms with Gasteiger partial charge in [-0.25, -0.2) is 22.5 Å². The lowest BCUT2D eigenvalue weighted by molar-refractivity contribution is -0.144. The second-order valence-corrected chi connectivity index (χ2v) is 10.7. The summed E-state index contributed by atoms with van der Waals surface area (Å²) in [5, 5.41) is 5.14. The predicted octanol–water partition coefficient (Wildman–Crippen LogP) is 6.11. The number of H-pyrrole nitrogens is 1. The van der Waals surface area contributed by atoms with Crippen molar-refractivity contribution < 1.29 is 40.3 Å². The first kappa shape index (κ1) is 28.2. The van der Waals surface area contributed by atoms with E-state index in [4.69, 9.17) is 0 Å². The van der Waals surface area contributed by atoms with E-state index in [-0.39, 0.29) is 18.7 Å². The minimum Gasteiger partial charge on any atom is -0.350 e. The molecule has 1 aromatic heterocycles. The average Bonchev–Trinajstić information content (AvgIpc) is 3.13. The van der Waals surface area contributed by atoms with Gasteiger partial charge in [0, 0.05) is 25.7 Å². The van der Waals surface area contributed by atoms with E-state index < -0.39 is 85.4 Å². The number of nitrogens with zero attached hydrogens (tertiary/aromatic N) is 1. The van der Waals surface area contributed by atoms with Gasteiger partial charge in [-0.2, -0.15) is 13.2 Å². The highest BCUT2D eigenvalue weighted by Gasteiger charge is 2.72. The SMILES string of the molecule is C[C@@H](NC(=O)CCC(F)(F)F)c1ccc2nc([C@@H](NC(=O)C3(C)CC3(F)F)C3CCC(F)(F)CC3)[nH]c2c1. The van der Waals surface area contributed by atoms with E-state index in [2.05, 4.69) is 20.6 Å². The number of imidazole rings is 1. The molecule has 0 saturated heterocycles. The Morgan fingerprint density at radius 2 is 1.76 bits per heavy atom. The van der Waals surface area contributed by atoms with Gasteiger partial charge >= 0.3 is 6.18 Å². The Hall–Kier alpha value is -2.86. The molecule has 1 heterocycles. The first-order valence-corrected chi connectivity index (χ1v) is 12.4. The normalized spacial score (nSPS) is 24.6. The molecule has 1 aromatic carbocycles. The maximum Gasteiger partial charge on any atom is 0.389 e. The summed E-state index contributed by atoms with van der Waals surface area (Å²) in [4.78, 5) is 32.2. The number of fused-ring (bicyclic) bond motifs is 1. The second kappa shape index (κ2) is 9.71. The average molecular weight is 551 g/mol. The van der Waals surface area contributed by atoms with Crippen molar-refractivity contribution >= 4 is 22.8 Å². The highest BCUT2D eigenvalue weighted by Crippen LogP contribution is 2.60. The van der Waals surface area contributed by atoms with E-state index in [1.54, 1.807) is 25.1 Å². The van der Waals surface area contributed by atoms with Crippen molar-refractivity contribution in [1.82, 2.24) is 20.6 Å². The lowest BCUT2D eigenvalue weighted by Crippen LogP contribution is -2.41. The Morgan fingerprint density at radius 1 is 1.13 bits per heavy atom. The first-order valence-electron chi connectivity index (χ1n) is 12.4. The maximum atomic E-state index is 13.8. The molecule has 1 unspecified atom stereocenters. The van der Waals surface area contributed by atoms with Crippen LogP contribution in [0.15, 0.2) is 18.2 Å². The first-order chi connectivity index (χ1) is 17.5. The molecule has 2 aliphatic rings. The van der Waals surface area contributed by atoms with Gasteiger partial charge in [0.2, 0.25) is 17.7 Å². The topological polar surface area (TPSA) is 86.9 Å². The molecule has 0 aliphatic heterocycles. The number of rotatable bonds is 8. The Bertz CT molecular complexity index is 1200. The van der Waals surface area contributed by atoms with Gasteiger partial charge in [0.1, 0.15) is 11.2 Å². The van der Waals surface area contributed by atoms with Crippen LogP contribution in [0, 0.1) is 11.3 Å². The van der Waals surface area contributed by atoms with Gasteiger partial charge in [0.05, 0.1) is 29.5 Å². The van der Waals surface area contributed by atoms with E-state index in [0.29, 0.717) is 16.6 Å². The molecule has 4 rings (SSSR count). The molecule has 6 nitrogen and oxygen atoms in total. The molecule has 2 aliphatic carbocycles. The predicted molar refractivity (Wildman–Crippen MR) is 123 cm³/mol. The number of benzene rings is 1. The van der Waals surface area contributed by atoms with Gasteiger partial charge in [0.15, 0.2) is 0 Å². The van der Waals surface area contributed by atoms with Crippen molar-refractivity contribution in [3.8, 4) is 0 Å². The van der Waals surface area contributed by atoms with Crippen molar-refractivity contribution in [2.24, 2.45) is 11.3 Å². The number of halogens is 7. The van der Waals surface area contributed by atoms with Crippen LogP contribution in [-0.4, -0.2) is 39.8 Å². The molecule has 2 aromatic rings. The Balaban J connectivity index is 1.54. The van der Waals surface area contributed by atoms with Crippen molar-refractivity contribution in [2.45, 2.75) is 88.9 Å². The number of carbonyl (C=O) groups is 2. The number of nitrogens with one attached hydrogen (secondary N) is 3. The molecule has 3 N–H and O–H groups in total. The molecule has 2 saturated carbocycles. The fourth-order valence-corrected chi connectivity index (χ4v) is 4.87. The summed E-state index contributed by atoms with van der Waals surface area (Å²) in [7, 11) is 0. The van der Waals surface area contributed by atoms with Crippen LogP contribution in [0.3, 0.4) is 0 Å². The molecule has 13 heteroatoms. The second-order valence-electron chi connectivity index (χ2n) is 10.7. The Morgan fingerprint density at radius 3 is 2.34 bits per heavy atom. The van der Waals surface area contributed by atoms with Gasteiger partial charge in [0.25, 0.3) is 5.92 Å². The summed E-state index contributed by atoms with van der Waals surface area (Å²) in [5.41, 5.74) is -0.390. The van der Waals surface area contributed by atoms with Gasteiger partial charge in [-0.3, -0.25) is 9.59 Å². The Labute approximate surface area is 214 Å². The Kier molecular flexibility index (Phi) is 7.19. The monoisotopic (exact) mass is 550 g/mol. The third-order valence-corrected chi connectivity index (χ3v) is 7.61. The largest absolute Gasteiger partial charge is 0.389 e. The number of hydrogen-bond acceptors (Lipinski definition) is 3. The highest BCUT2D eigenvalue weighted by atomic mass is 19.4. The van der Waals surface area contributed by atoms with Crippen molar-refractivity contribution in [1.29, 1.82) is 0 Å². The standard InChI is InChI=1S/C25H29F7N4O2/c1-13(33-18(37)7-10-25(30,31)32)15-3-4-16-17(11-15)35-20(34-16)19(14-5-8-23(26,27)9-6-14)36-21(38)22(2)12-24(22,28)29/h3-4,11,13-14,19H,5-10,12H2,1-2H3,(H,33,37)(H,34,35)(H,36,38)/t13-,19+,22?/m1/s1. The summed E-state index contributed by atoms with van der Waals surface area (Å²) in [5.74, 6) is -7.84. The number of carbonyl (C=O) groups excluding carboxylic acids is 2. The van der Waals surface area contributed by atoms with Crippen LogP contribution in [0.25, 0.3) is 11.0 Å². The van der Waals surface area contributed by atoms with Crippen LogP contribution in [-0.2, 0) is 9.59 Å². The summed E-state index contributed by atoms with van der Waals surface area (Å²) < 4.78 is 92.4. The van der Waals surface area contributed by atoms with E-state index in [9.17, 15) is 40.3 Å². The van der Waals surface area contributed by atoms with Gasteiger partial charge in [-0.05, 0) is 50.3 Å². The third kappa shape index (κ3) is 6.06. The van der Waals surface area contributed by atoms with Crippen LogP contribution in [0.2, 0.25) is 0 Å². The summed E-state index contributed by atoms with van der Waals surface area (Å²) >= 11 is 0. The molecular weight excluding hydrogens is 521 g/mol. The molecule has 2 amide bonds. The number of hydrogen-bond donors (Lipinski definition) is 3. The number of aromatic amines is 1. The van der Waals surface area contributed by atoms with Crippen LogP contribution < -0.4 is 10.6 Å². The quantitative estimate of drug-likeness (QED) is 0.347. The molecule has 38 heavy (non-hydrogen) atoms. The third-order valence-electron chi connectivity index (χ3n) is 7.61. The fourth-order valence-electron chi connectivity index (χ4n) is 4.87. The van der Waals surface area contributed by atoms with Gasteiger partial charge in [-0.1, -0.05) is 6.07 Å². The summed E-state index contributed by atoms with van der Waals surface area (Å²) in [6.07, 6.45) is -7.65. The molecule has 0 spiro atoms. The smallest absolute Gasteiger partial charge is 0.350 e. The molecule has 0 bridgehead atoms. The lowest BCUT2D eigenvalue weighted by Gasteiger charge is -2.33. The van der Waals surface area contributed by atoms with Crippen LogP contribution >= 0.6 is 0 Å². The van der Waals surface area contributed by atoms with Crippen LogP contribution in [0.5, 0.6) is 0 Å². The summed E-state index contributed by atoms with van der Waals surface area (Å²) in [6.45, 7) is 2.76. The molecule has 2 fully saturated rings. The maximum absolute atomic E-state index is 13.8. The minimum absolute atomic E-state index is 0.0638. The van der Waals surface area contributed by atoms with Gasteiger partial charge in [-0.15, -0.1) is 0 Å². The number of amides is 2. The van der Waals surface area contributed by atoms with Crippen molar-refractivity contribution in [3.63, 3.8) is 0 Å². The fraction of sp³-hybridized carbons (Fsp3) is 0.640. The van der Waals surface area contributed by atoms with Gasteiger partial charge < -0.3 is 15.6 Å². The highest BCUT2D eigenvalue weighted by molar-refractivity contribution is 5.87. The van der Waals surface area contributed by atoms with E-state index >= 15 is 0 Å². The van der Waals surface area contributed by atoms with E-state index in [1.165, 1.54) is 0 Å². The lowest BCUT2D eigenvalue weighted by atomic mass is 9.81. The zero-order valence-corrected chi connectivity index (χ0v) is 20.8. The van der Waals surface area contributed by atoms with Crippen molar-refractivity contribution in [2.75, 3.05) is 0 Å². The molecular formula is C25H29F7N4O2. The summed E-state index contributed by atoms with van der Waals surface area (Å²) in [6, 6.07) is 3.34. The zero-order valence-electron chi connectivity index (χ0n) is 20.8. The van der Waals surface area contributed by atoms with Crippen molar-refractivity contribution in [3.05, 3.63) is 29.6 Å². The van der Waals surface area contributed by atoms with E-state index in [0.717, 1.165) is 6.92 Å². The minimum atomic E-state index is -4.45. The number of alkyl halides is 7. The van der Waals surface area contributed by atoms with Crippen LogP contribution in [0.1, 0.15) is 82.3 Å². The molecule has 3 atom stereocenters. The number of aromatic nitrogens is 2. The van der Waals surface area contributed by atoms with E-state index in [1.807, 2.05) is 0 Å². The zero-order chi connectivity index (χ0) is 28.1. The molecule has 0 radical (unpaired) electrons. The van der Waals surface area contributed by atoms with Crippen LogP contribution in [0.4, 0.5) is 30.7 Å².